The van der Waals surface area contributed by atoms with Gasteiger partial charge in [0.1, 0.15) is 0 Å². The summed E-state index contributed by atoms with van der Waals surface area (Å²) in [6.45, 7) is 1.44. The second kappa shape index (κ2) is 3.20. The Kier molecular flexibility index (Phi) is 2.14. The molecule has 14 heavy (non-hydrogen) atoms. The molecule has 0 bridgehead atoms. The van der Waals surface area contributed by atoms with Crippen LogP contribution >= 0.6 is 0 Å². The van der Waals surface area contributed by atoms with E-state index in [0.29, 0.717) is 5.92 Å². The van der Waals surface area contributed by atoms with Gasteiger partial charge in [-0.1, -0.05) is 0 Å². The first kappa shape index (κ1) is 9.39. The molecule has 76 valence electrons. The standard InChI is InChI=1S/C11H15NO2/c1-2-9-3-5-11(6-4-9)7-12(8-11)10(13)14/h1,9H,3-8H2,(H,13,14). The van der Waals surface area contributed by atoms with Gasteiger partial charge in [-0.25, -0.2) is 4.79 Å². The maximum atomic E-state index is 10.6. The van der Waals surface area contributed by atoms with E-state index in [1.54, 1.807) is 0 Å². The molecule has 3 nitrogen and oxygen atoms in total. The van der Waals surface area contributed by atoms with Crippen molar-refractivity contribution in [1.29, 1.82) is 0 Å². The predicted octanol–water partition coefficient (Wildman–Crippen LogP) is 1.79. The van der Waals surface area contributed by atoms with Gasteiger partial charge in [0.05, 0.1) is 0 Å². The zero-order valence-electron chi connectivity index (χ0n) is 8.20. The summed E-state index contributed by atoms with van der Waals surface area (Å²) in [4.78, 5) is 12.1. The van der Waals surface area contributed by atoms with Crippen LogP contribution in [0.4, 0.5) is 4.79 Å². The van der Waals surface area contributed by atoms with Crippen molar-refractivity contribution in [3.8, 4) is 12.3 Å². The first-order chi connectivity index (χ1) is 6.65. The Morgan fingerprint density at radius 1 is 1.43 bits per heavy atom. The predicted molar refractivity (Wildman–Crippen MR) is 52.8 cm³/mol. The van der Waals surface area contributed by atoms with E-state index in [9.17, 15) is 4.79 Å². The van der Waals surface area contributed by atoms with Crippen molar-refractivity contribution in [2.45, 2.75) is 25.7 Å². The summed E-state index contributed by atoms with van der Waals surface area (Å²) in [5, 5.41) is 8.74. The second-order valence-electron chi connectivity index (χ2n) is 4.58. The fourth-order valence-electron chi connectivity index (χ4n) is 2.61. The highest BCUT2D eigenvalue weighted by Gasteiger charge is 2.46. The third-order valence-electron chi connectivity index (χ3n) is 3.61. The van der Waals surface area contributed by atoms with Crippen molar-refractivity contribution in [3.05, 3.63) is 0 Å². The lowest BCUT2D eigenvalue weighted by atomic mass is 9.66. The topological polar surface area (TPSA) is 40.5 Å². The minimum Gasteiger partial charge on any atom is -0.465 e. The second-order valence-corrected chi connectivity index (χ2v) is 4.58. The van der Waals surface area contributed by atoms with Crippen molar-refractivity contribution < 1.29 is 9.90 Å². The Hall–Kier alpha value is -1.17. The number of hydrogen-bond acceptors (Lipinski definition) is 1. The van der Waals surface area contributed by atoms with Crippen LogP contribution in [0, 0.1) is 23.7 Å². The molecule has 1 saturated heterocycles. The SMILES string of the molecule is C#CC1CCC2(CC1)CN(C(=O)O)C2. The highest BCUT2D eigenvalue weighted by atomic mass is 16.4. The molecule has 0 aromatic carbocycles. The van der Waals surface area contributed by atoms with Gasteiger partial charge < -0.3 is 10.0 Å². The van der Waals surface area contributed by atoms with Gasteiger partial charge in [-0.15, -0.1) is 12.3 Å². The smallest absolute Gasteiger partial charge is 0.407 e. The molecule has 1 N–H and O–H groups in total. The molecule has 1 spiro atoms. The third kappa shape index (κ3) is 1.45. The largest absolute Gasteiger partial charge is 0.465 e. The highest BCUT2D eigenvalue weighted by molar-refractivity contribution is 5.66. The van der Waals surface area contributed by atoms with Crippen LogP contribution in [-0.4, -0.2) is 29.2 Å². The Labute approximate surface area is 84.1 Å². The lowest BCUT2D eigenvalue weighted by Crippen LogP contribution is -2.59. The highest BCUT2D eigenvalue weighted by Crippen LogP contribution is 2.45. The van der Waals surface area contributed by atoms with Crippen LogP contribution in [0.25, 0.3) is 0 Å². The fourth-order valence-corrected chi connectivity index (χ4v) is 2.61. The van der Waals surface area contributed by atoms with E-state index < -0.39 is 6.09 Å². The van der Waals surface area contributed by atoms with Crippen molar-refractivity contribution >= 4 is 6.09 Å². The molecular weight excluding hydrogens is 178 g/mol. The molecule has 2 rings (SSSR count). The van der Waals surface area contributed by atoms with Crippen LogP contribution < -0.4 is 0 Å². The Morgan fingerprint density at radius 3 is 2.43 bits per heavy atom. The molecule has 2 aliphatic rings. The molecule has 3 heteroatoms. The molecule has 2 fully saturated rings. The first-order valence-electron chi connectivity index (χ1n) is 5.09. The summed E-state index contributed by atoms with van der Waals surface area (Å²) >= 11 is 0. The summed E-state index contributed by atoms with van der Waals surface area (Å²) in [7, 11) is 0. The molecule has 0 aromatic heterocycles. The number of hydrogen-bond donors (Lipinski definition) is 1. The molecule has 1 aliphatic carbocycles. The molecule has 0 unspecified atom stereocenters. The molecule has 1 amide bonds. The van der Waals surface area contributed by atoms with Gasteiger partial charge in [-0.3, -0.25) is 0 Å². The summed E-state index contributed by atoms with van der Waals surface area (Å²) in [6, 6.07) is 0. The zero-order chi connectivity index (χ0) is 10.2. The average molecular weight is 193 g/mol. The minimum atomic E-state index is -0.783. The summed E-state index contributed by atoms with van der Waals surface area (Å²) in [6.07, 6.45) is 8.94. The lowest BCUT2D eigenvalue weighted by Gasteiger charge is -2.51. The van der Waals surface area contributed by atoms with Gasteiger partial charge in [0.15, 0.2) is 0 Å². The number of rotatable bonds is 0. The zero-order valence-corrected chi connectivity index (χ0v) is 8.20. The Balaban J connectivity index is 1.86. The van der Waals surface area contributed by atoms with Crippen LogP contribution in [0.15, 0.2) is 0 Å². The van der Waals surface area contributed by atoms with E-state index >= 15 is 0 Å². The van der Waals surface area contributed by atoms with E-state index in [1.807, 2.05) is 0 Å². The molecule has 1 aliphatic heterocycles. The van der Waals surface area contributed by atoms with Gasteiger partial charge in [0.2, 0.25) is 0 Å². The van der Waals surface area contributed by atoms with E-state index in [0.717, 1.165) is 38.8 Å². The van der Waals surface area contributed by atoms with Crippen LogP contribution in [0.1, 0.15) is 25.7 Å². The number of nitrogens with zero attached hydrogens (tertiary/aromatic N) is 1. The van der Waals surface area contributed by atoms with Gasteiger partial charge in [-0.05, 0) is 25.7 Å². The summed E-state index contributed by atoms with van der Waals surface area (Å²) in [5.41, 5.74) is 0.283. The van der Waals surface area contributed by atoms with E-state index in [1.165, 1.54) is 4.90 Å². The quantitative estimate of drug-likeness (QED) is 0.596. The molecule has 0 atom stereocenters. The number of amides is 1. The molecule has 0 aromatic rings. The molecule has 1 heterocycles. The van der Waals surface area contributed by atoms with Crippen molar-refractivity contribution in [2.24, 2.45) is 11.3 Å². The molecule has 0 radical (unpaired) electrons. The number of likely N-dealkylation sites (tertiary alicyclic amines) is 1. The Morgan fingerprint density at radius 2 is 2.00 bits per heavy atom. The van der Waals surface area contributed by atoms with Crippen molar-refractivity contribution in [3.63, 3.8) is 0 Å². The van der Waals surface area contributed by atoms with E-state index in [-0.39, 0.29) is 5.41 Å². The van der Waals surface area contributed by atoms with Gasteiger partial charge in [0, 0.05) is 24.4 Å². The van der Waals surface area contributed by atoms with Crippen LogP contribution in [0.3, 0.4) is 0 Å². The van der Waals surface area contributed by atoms with Gasteiger partial charge in [-0.2, -0.15) is 0 Å². The van der Waals surface area contributed by atoms with Crippen molar-refractivity contribution in [2.75, 3.05) is 13.1 Å². The summed E-state index contributed by atoms with van der Waals surface area (Å²) < 4.78 is 0. The maximum absolute atomic E-state index is 10.6. The van der Waals surface area contributed by atoms with Crippen molar-refractivity contribution in [1.82, 2.24) is 4.90 Å². The normalized spacial score (nSPS) is 25.5. The average Bonchev–Trinajstić information content (AvgIpc) is 2.14. The third-order valence-corrected chi connectivity index (χ3v) is 3.61. The van der Waals surface area contributed by atoms with E-state index in [4.69, 9.17) is 11.5 Å². The number of terminal acetylenes is 1. The minimum absolute atomic E-state index is 0.283. The van der Waals surface area contributed by atoms with Gasteiger partial charge >= 0.3 is 6.09 Å². The van der Waals surface area contributed by atoms with E-state index in [2.05, 4.69) is 5.92 Å². The van der Waals surface area contributed by atoms with Crippen LogP contribution in [0.5, 0.6) is 0 Å². The Bertz CT molecular complexity index is 276. The lowest BCUT2D eigenvalue weighted by molar-refractivity contribution is -0.0204. The fraction of sp³-hybridized carbons (Fsp3) is 0.727. The first-order valence-corrected chi connectivity index (χ1v) is 5.09. The number of carbonyl (C=O) groups is 1. The molecule has 1 saturated carbocycles. The summed E-state index contributed by atoms with van der Waals surface area (Å²) in [5.74, 6) is 3.22. The van der Waals surface area contributed by atoms with Crippen LogP contribution in [-0.2, 0) is 0 Å². The van der Waals surface area contributed by atoms with Gasteiger partial charge in [0.25, 0.3) is 0 Å². The maximum Gasteiger partial charge on any atom is 0.407 e. The number of carboxylic acid groups (broad SMARTS) is 1. The van der Waals surface area contributed by atoms with Crippen LogP contribution in [0.2, 0.25) is 0 Å². The molecular formula is C11H15NO2. The monoisotopic (exact) mass is 193 g/mol.